The molecule has 0 aromatic heterocycles. The molecule has 0 saturated heterocycles. The molecule has 1 aliphatic heterocycles. The van der Waals surface area contributed by atoms with Crippen molar-refractivity contribution in [3.63, 3.8) is 0 Å². The number of benzene rings is 1. The van der Waals surface area contributed by atoms with Crippen LogP contribution in [0.4, 0.5) is 0 Å². The van der Waals surface area contributed by atoms with E-state index in [0.29, 0.717) is 12.0 Å². The van der Waals surface area contributed by atoms with Crippen LogP contribution < -0.4 is 0 Å². The average Bonchev–Trinajstić information content (AvgIpc) is 3.45. The zero-order valence-electron chi connectivity index (χ0n) is 27.9. The minimum absolute atomic E-state index is 0.104. The molecule has 10 heteroatoms. The zero-order chi connectivity index (χ0) is 33.7. The molecule has 2 atom stereocenters. The molecule has 1 N–H and O–H groups in total. The van der Waals surface area contributed by atoms with Crippen LogP contribution >= 0.6 is 0 Å². The van der Waals surface area contributed by atoms with Crippen molar-refractivity contribution in [3.8, 4) is 0 Å². The van der Waals surface area contributed by atoms with E-state index >= 15 is 0 Å². The van der Waals surface area contributed by atoms with E-state index in [-0.39, 0.29) is 29.0 Å². The lowest BCUT2D eigenvalue weighted by Crippen LogP contribution is -2.44. The highest BCUT2D eigenvalue weighted by Crippen LogP contribution is 2.25. The molecule has 1 aromatic rings. The van der Waals surface area contributed by atoms with Crippen LogP contribution in [-0.2, 0) is 29.2 Å². The van der Waals surface area contributed by atoms with Crippen LogP contribution in [0.25, 0.3) is 6.08 Å². The molecule has 0 bridgehead atoms. The lowest BCUT2D eigenvalue weighted by atomic mass is 9.96. The third-order valence-electron chi connectivity index (χ3n) is 7.73. The van der Waals surface area contributed by atoms with Crippen molar-refractivity contribution < 1.29 is 32.0 Å². The Balaban J connectivity index is 0.000000701. The first-order chi connectivity index (χ1) is 21.4. The second-order valence-electron chi connectivity index (χ2n) is 11.7. The summed E-state index contributed by atoms with van der Waals surface area (Å²) in [6.45, 7) is 12.1. The summed E-state index contributed by atoms with van der Waals surface area (Å²) in [5.74, 6) is -0.410. The van der Waals surface area contributed by atoms with Gasteiger partial charge in [-0.25, -0.2) is 4.79 Å². The largest absolute Gasteiger partial charge is 0.469 e. The van der Waals surface area contributed by atoms with Gasteiger partial charge in [0.2, 0.25) is 0 Å². The molecule has 0 saturated carbocycles. The van der Waals surface area contributed by atoms with Crippen molar-refractivity contribution in [2.75, 3.05) is 20.8 Å². The maximum absolute atomic E-state index is 12.4. The molecule has 2 unspecified atom stereocenters. The van der Waals surface area contributed by atoms with Gasteiger partial charge in [-0.2, -0.15) is 8.42 Å². The number of carbonyl (C=O) groups is 2. The Morgan fingerprint density at radius 1 is 0.956 bits per heavy atom. The van der Waals surface area contributed by atoms with Gasteiger partial charge in [0, 0.05) is 31.4 Å². The van der Waals surface area contributed by atoms with Gasteiger partial charge in [-0.1, -0.05) is 96.1 Å². The molecule has 1 aliphatic rings. The number of rotatable bonds is 21. The topological polar surface area (TPSA) is 113 Å². The Morgan fingerprint density at radius 3 is 2.04 bits per heavy atom. The molecular weight excluding hydrogens is 592 g/mol. The van der Waals surface area contributed by atoms with E-state index in [9.17, 15) is 18.0 Å². The predicted molar refractivity (Wildman–Crippen MR) is 181 cm³/mol. The van der Waals surface area contributed by atoms with Crippen molar-refractivity contribution in [1.29, 1.82) is 0 Å². The smallest absolute Gasteiger partial charge is 0.333 e. The van der Waals surface area contributed by atoms with E-state index in [4.69, 9.17) is 14.0 Å². The fourth-order valence-electron chi connectivity index (χ4n) is 5.06. The van der Waals surface area contributed by atoms with Crippen LogP contribution in [0, 0.1) is 0 Å². The summed E-state index contributed by atoms with van der Waals surface area (Å²) in [7, 11) is -0.556. The van der Waals surface area contributed by atoms with E-state index in [1.807, 2.05) is 0 Å². The lowest BCUT2D eigenvalue weighted by Gasteiger charge is -2.35. The van der Waals surface area contributed by atoms with E-state index in [2.05, 4.69) is 49.3 Å². The van der Waals surface area contributed by atoms with Gasteiger partial charge in [0.1, 0.15) is 6.10 Å². The Morgan fingerprint density at radius 2 is 1.53 bits per heavy atom. The van der Waals surface area contributed by atoms with Crippen LogP contribution in [0.1, 0.15) is 109 Å². The fourth-order valence-corrected chi connectivity index (χ4v) is 5.54. The number of unbranched alkanes of at least 4 members (excludes halogenated alkanes) is 9. The second kappa shape index (κ2) is 22.4. The maximum atomic E-state index is 12.4. The van der Waals surface area contributed by atoms with Crippen LogP contribution in [-0.4, -0.2) is 67.7 Å². The second-order valence-corrected chi connectivity index (χ2v) is 13.1. The molecule has 1 aromatic carbocycles. The molecule has 2 rings (SSSR count). The van der Waals surface area contributed by atoms with Crippen molar-refractivity contribution in [2.45, 2.75) is 121 Å². The van der Waals surface area contributed by atoms with E-state index in [1.165, 1.54) is 51.3 Å². The van der Waals surface area contributed by atoms with Crippen molar-refractivity contribution in [3.05, 3.63) is 61.0 Å². The van der Waals surface area contributed by atoms with Gasteiger partial charge in [0.05, 0.1) is 24.7 Å². The number of hydrogen-bond donors (Lipinski definition) is 1. The summed E-state index contributed by atoms with van der Waals surface area (Å²) < 4.78 is 40.4. The summed E-state index contributed by atoms with van der Waals surface area (Å²) in [4.78, 5) is 28.1. The van der Waals surface area contributed by atoms with E-state index < -0.39 is 10.1 Å². The Kier molecular flexibility index (Phi) is 19.9. The Labute approximate surface area is 272 Å². The van der Waals surface area contributed by atoms with Gasteiger partial charge >= 0.3 is 11.9 Å². The van der Waals surface area contributed by atoms with Gasteiger partial charge < -0.3 is 19.3 Å². The Hall–Kier alpha value is -3.11. The van der Waals surface area contributed by atoms with Gasteiger partial charge in [-0.15, -0.1) is 0 Å². The van der Waals surface area contributed by atoms with Gasteiger partial charge in [0.15, 0.2) is 0 Å². The van der Waals surface area contributed by atoms with Crippen molar-refractivity contribution in [2.24, 2.45) is 0 Å². The molecule has 0 amide bonds. The van der Waals surface area contributed by atoms with E-state index in [1.54, 1.807) is 25.1 Å². The minimum Gasteiger partial charge on any atom is -0.469 e. The zero-order valence-corrected chi connectivity index (χ0v) is 28.7. The molecule has 254 valence electrons. The number of hydrogen-bond acceptors (Lipinski definition) is 8. The van der Waals surface area contributed by atoms with Gasteiger partial charge in [-0.3, -0.25) is 9.35 Å². The quantitative estimate of drug-likeness (QED) is 0.0619. The lowest BCUT2D eigenvalue weighted by molar-refractivity contribution is -0.148. The maximum Gasteiger partial charge on any atom is 0.333 e. The molecule has 0 fully saturated rings. The van der Waals surface area contributed by atoms with Gasteiger partial charge in [0.25, 0.3) is 10.1 Å². The van der Waals surface area contributed by atoms with Crippen molar-refractivity contribution >= 4 is 28.1 Å². The SMILES string of the molecule is C=C(C)C(=O)OC(CCCCCCCC)C(CCCCCCCC(=O)OC)N1C=CN(C)C1.C=Cc1ccc(S(=O)(=O)O)cc1. The highest BCUT2D eigenvalue weighted by Gasteiger charge is 2.30. The first-order valence-electron chi connectivity index (χ1n) is 16.2. The summed E-state index contributed by atoms with van der Waals surface area (Å²) in [5, 5.41) is 0. The summed E-state index contributed by atoms with van der Waals surface area (Å²) >= 11 is 0. The normalized spacial score (nSPS) is 13.9. The number of carbonyl (C=O) groups excluding carboxylic acids is 2. The molecule has 1 heterocycles. The first-order valence-corrected chi connectivity index (χ1v) is 17.6. The minimum atomic E-state index is -4.06. The fraction of sp³-hybridized carbons (Fsp3) is 0.600. The van der Waals surface area contributed by atoms with Crippen LogP contribution in [0.3, 0.4) is 0 Å². The number of ether oxygens (including phenoxy) is 2. The highest BCUT2D eigenvalue weighted by molar-refractivity contribution is 7.85. The molecule has 0 radical (unpaired) electrons. The first kappa shape index (κ1) is 39.9. The highest BCUT2D eigenvalue weighted by atomic mass is 32.2. The monoisotopic (exact) mass is 648 g/mol. The molecule has 45 heavy (non-hydrogen) atoms. The Bertz CT molecular complexity index is 1160. The molecule has 9 nitrogen and oxygen atoms in total. The van der Waals surface area contributed by atoms with Gasteiger partial charge in [-0.05, 0) is 50.3 Å². The predicted octanol–water partition coefficient (Wildman–Crippen LogP) is 7.75. The average molecular weight is 649 g/mol. The third-order valence-corrected chi connectivity index (χ3v) is 8.59. The van der Waals surface area contributed by atoms with E-state index in [0.717, 1.165) is 63.6 Å². The van der Waals surface area contributed by atoms with Crippen molar-refractivity contribution in [1.82, 2.24) is 9.80 Å². The molecular formula is C35H56N2O7S. The number of nitrogens with zero attached hydrogens (tertiary/aromatic N) is 2. The van der Waals surface area contributed by atoms with Crippen LogP contribution in [0.5, 0.6) is 0 Å². The summed E-state index contributed by atoms with van der Waals surface area (Å²) in [5.41, 5.74) is 1.27. The number of esters is 2. The standard InChI is InChI=1S/C27H48N2O4.C8H8O3S/c1-6-7-8-9-12-15-18-25(33-27(31)23(2)3)24(29-21-20-28(4)22-29)17-14-11-10-13-16-19-26(30)32-5;1-2-7-3-5-8(6-4-7)12(9,10)11/h20-21,24-25H,2,6-19,22H2,1,3-5H3;2-6H,1H2,(H,9,10,11). The molecule has 0 spiro atoms. The summed E-state index contributed by atoms with van der Waals surface area (Å²) in [6, 6.07) is 5.95. The third kappa shape index (κ3) is 17.2. The van der Waals surface area contributed by atoms with Crippen LogP contribution in [0.15, 0.2) is 60.3 Å². The van der Waals surface area contributed by atoms with Crippen LogP contribution in [0.2, 0.25) is 0 Å². The number of methoxy groups -OCH3 is 1. The summed E-state index contributed by atoms with van der Waals surface area (Å²) in [6.07, 6.45) is 20.6. The molecule has 0 aliphatic carbocycles.